The minimum atomic E-state index is -0.292. The van der Waals surface area contributed by atoms with Crippen molar-refractivity contribution in [1.82, 2.24) is 0 Å². The van der Waals surface area contributed by atoms with Crippen LogP contribution in [0.15, 0.2) is 34.1 Å². The van der Waals surface area contributed by atoms with Crippen LogP contribution in [0, 0.1) is 5.82 Å². The molecule has 1 aromatic heterocycles. The summed E-state index contributed by atoms with van der Waals surface area (Å²) in [5.41, 5.74) is 7.27. The first-order valence-electron chi connectivity index (χ1n) is 5.98. The maximum Gasteiger partial charge on any atom is 0.139 e. The largest absolute Gasteiger partial charge is 0.397 e. The second kappa shape index (κ2) is 5.92. The molecule has 0 saturated carbocycles. The number of nitrogens with two attached hydrogens (primary N) is 1. The molecule has 0 saturated heterocycles. The van der Waals surface area contributed by atoms with Crippen LogP contribution in [0.1, 0.15) is 11.8 Å². The molecule has 0 fully saturated rings. The molecule has 102 valence electrons. The van der Waals surface area contributed by atoms with E-state index in [2.05, 4.69) is 34.3 Å². The van der Waals surface area contributed by atoms with Gasteiger partial charge >= 0.3 is 0 Å². The lowest BCUT2D eigenvalue weighted by molar-refractivity contribution is 0.618. The Morgan fingerprint density at radius 1 is 1.47 bits per heavy atom. The van der Waals surface area contributed by atoms with E-state index >= 15 is 0 Å². The molecule has 2 nitrogen and oxygen atoms in total. The summed E-state index contributed by atoms with van der Waals surface area (Å²) in [6, 6.07) is 7.49. The molecule has 0 radical (unpaired) electrons. The highest BCUT2D eigenvalue weighted by molar-refractivity contribution is 9.10. The van der Waals surface area contributed by atoms with Crippen molar-refractivity contribution >= 4 is 38.6 Å². The van der Waals surface area contributed by atoms with Crippen molar-refractivity contribution in [2.75, 3.05) is 17.7 Å². The molecule has 1 heterocycles. The fourth-order valence-electron chi connectivity index (χ4n) is 1.95. The summed E-state index contributed by atoms with van der Waals surface area (Å²) in [6.45, 7) is 2.11. The van der Waals surface area contributed by atoms with Gasteiger partial charge in [-0.25, -0.2) is 4.39 Å². The Balaban J connectivity index is 2.19. The van der Waals surface area contributed by atoms with Gasteiger partial charge in [0.2, 0.25) is 0 Å². The van der Waals surface area contributed by atoms with Gasteiger partial charge in [0.05, 0.1) is 15.8 Å². The van der Waals surface area contributed by atoms with Gasteiger partial charge in [-0.1, -0.05) is 6.07 Å². The molecule has 2 aromatic rings. The van der Waals surface area contributed by atoms with E-state index in [0.29, 0.717) is 10.2 Å². The lowest BCUT2D eigenvalue weighted by atomic mass is 10.1. The standard InChI is InChI=1S/C14H16BrFN2S/c1-9(6-10-4-3-5-19-10)18(2)14-8-12(16)11(15)7-13(14)17/h3-5,7-9H,6,17H2,1-2H3. The molecule has 5 heteroatoms. The third-order valence-corrected chi connectivity index (χ3v) is 4.69. The zero-order chi connectivity index (χ0) is 14.0. The van der Waals surface area contributed by atoms with Crippen LogP contribution in [0.5, 0.6) is 0 Å². The number of hydrogen-bond donors (Lipinski definition) is 1. The first kappa shape index (κ1) is 14.3. The van der Waals surface area contributed by atoms with Crippen LogP contribution in [0.4, 0.5) is 15.8 Å². The Bertz CT molecular complexity index is 557. The summed E-state index contributed by atoms with van der Waals surface area (Å²) in [5.74, 6) is -0.292. The number of nitrogens with zero attached hydrogens (tertiary/aromatic N) is 1. The van der Waals surface area contributed by atoms with Gasteiger partial charge in [-0.05, 0) is 40.4 Å². The summed E-state index contributed by atoms with van der Waals surface area (Å²) in [4.78, 5) is 3.33. The van der Waals surface area contributed by atoms with Crippen molar-refractivity contribution in [3.05, 3.63) is 44.8 Å². The summed E-state index contributed by atoms with van der Waals surface area (Å²) >= 11 is 4.88. The van der Waals surface area contributed by atoms with Crippen LogP contribution in [-0.2, 0) is 6.42 Å². The molecular weight excluding hydrogens is 327 g/mol. The molecule has 0 aliphatic heterocycles. The smallest absolute Gasteiger partial charge is 0.139 e. The van der Waals surface area contributed by atoms with Gasteiger partial charge in [0, 0.05) is 30.5 Å². The van der Waals surface area contributed by atoms with Crippen LogP contribution < -0.4 is 10.6 Å². The number of likely N-dealkylation sites (N-methyl/N-ethyl adjacent to an activating group) is 1. The van der Waals surface area contributed by atoms with E-state index in [1.165, 1.54) is 10.9 Å². The molecule has 1 atom stereocenters. The zero-order valence-electron chi connectivity index (χ0n) is 10.9. The number of halogens is 2. The first-order chi connectivity index (χ1) is 8.99. The number of nitrogen functional groups attached to an aromatic ring is 1. The fourth-order valence-corrected chi connectivity index (χ4v) is 3.14. The summed E-state index contributed by atoms with van der Waals surface area (Å²) < 4.78 is 14.0. The third-order valence-electron chi connectivity index (χ3n) is 3.19. The second-order valence-corrected chi connectivity index (χ2v) is 6.46. The molecular formula is C14H16BrFN2S. The minimum absolute atomic E-state index is 0.251. The van der Waals surface area contributed by atoms with Crippen LogP contribution in [0.25, 0.3) is 0 Å². The summed E-state index contributed by atoms with van der Waals surface area (Å²) in [7, 11) is 1.94. The van der Waals surface area contributed by atoms with Crippen molar-refractivity contribution in [3.8, 4) is 0 Å². The van der Waals surface area contributed by atoms with Crippen LogP contribution in [0.3, 0.4) is 0 Å². The highest BCUT2D eigenvalue weighted by atomic mass is 79.9. The first-order valence-corrected chi connectivity index (χ1v) is 7.66. The van der Waals surface area contributed by atoms with Crippen molar-refractivity contribution in [2.24, 2.45) is 0 Å². The van der Waals surface area contributed by atoms with Gasteiger partial charge in [0.1, 0.15) is 5.82 Å². The van der Waals surface area contributed by atoms with Gasteiger partial charge in [-0.15, -0.1) is 11.3 Å². The monoisotopic (exact) mass is 342 g/mol. The van der Waals surface area contributed by atoms with E-state index < -0.39 is 0 Å². The van der Waals surface area contributed by atoms with E-state index in [4.69, 9.17) is 5.73 Å². The fraction of sp³-hybridized carbons (Fsp3) is 0.286. The highest BCUT2D eigenvalue weighted by Gasteiger charge is 2.15. The normalized spacial score (nSPS) is 12.4. The van der Waals surface area contributed by atoms with Crippen molar-refractivity contribution in [2.45, 2.75) is 19.4 Å². The molecule has 2 rings (SSSR count). The molecule has 0 aliphatic rings. The molecule has 0 aliphatic carbocycles. The van der Waals surface area contributed by atoms with E-state index in [9.17, 15) is 4.39 Å². The quantitative estimate of drug-likeness (QED) is 0.839. The topological polar surface area (TPSA) is 29.3 Å². The molecule has 19 heavy (non-hydrogen) atoms. The average molecular weight is 343 g/mol. The van der Waals surface area contributed by atoms with E-state index in [0.717, 1.165) is 12.1 Å². The van der Waals surface area contributed by atoms with Gasteiger partial charge in [-0.2, -0.15) is 0 Å². The third kappa shape index (κ3) is 3.28. The maximum absolute atomic E-state index is 13.6. The van der Waals surface area contributed by atoms with Crippen molar-refractivity contribution in [3.63, 3.8) is 0 Å². The zero-order valence-corrected chi connectivity index (χ0v) is 13.3. The van der Waals surface area contributed by atoms with E-state index in [-0.39, 0.29) is 11.9 Å². The lowest BCUT2D eigenvalue weighted by Crippen LogP contribution is -2.31. The predicted molar refractivity (Wildman–Crippen MR) is 84.4 cm³/mol. The Morgan fingerprint density at radius 2 is 2.21 bits per heavy atom. The number of benzene rings is 1. The van der Waals surface area contributed by atoms with Gasteiger partial charge < -0.3 is 10.6 Å². The van der Waals surface area contributed by atoms with Gasteiger partial charge in [0.15, 0.2) is 0 Å². The lowest BCUT2D eigenvalue weighted by Gasteiger charge is -2.28. The molecule has 0 spiro atoms. The predicted octanol–water partition coefficient (Wildman–Crippen LogP) is 4.30. The molecule has 2 N–H and O–H groups in total. The maximum atomic E-state index is 13.6. The van der Waals surface area contributed by atoms with Crippen LogP contribution in [0.2, 0.25) is 0 Å². The summed E-state index contributed by atoms with van der Waals surface area (Å²) in [6.07, 6.45) is 0.922. The second-order valence-electron chi connectivity index (χ2n) is 4.57. The number of anilines is 2. The van der Waals surface area contributed by atoms with Gasteiger partial charge in [0.25, 0.3) is 0 Å². The van der Waals surface area contributed by atoms with Crippen molar-refractivity contribution < 1.29 is 4.39 Å². The van der Waals surface area contributed by atoms with E-state index in [1.54, 1.807) is 17.4 Å². The molecule has 0 bridgehead atoms. The van der Waals surface area contributed by atoms with Crippen molar-refractivity contribution in [1.29, 1.82) is 0 Å². The average Bonchev–Trinajstić information content (AvgIpc) is 2.85. The number of hydrogen-bond acceptors (Lipinski definition) is 3. The van der Waals surface area contributed by atoms with E-state index in [1.807, 2.05) is 18.0 Å². The Kier molecular flexibility index (Phi) is 4.47. The SMILES string of the molecule is CC(Cc1cccs1)N(C)c1cc(F)c(Br)cc1N. The Labute approximate surface area is 125 Å². The number of rotatable bonds is 4. The van der Waals surface area contributed by atoms with Crippen LogP contribution in [-0.4, -0.2) is 13.1 Å². The Hall–Kier alpha value is -1.07. The van der Waals surface area contributed by atoms with Gasteiger partial charge in [-0.3, -0.25) is 0 Å². The van der Waals surface area contributed by atoms with Crippen LogP contribution >= 0.6 is 27.3 Å². The Morgan fingerprint density at radius 3 is 2.84 bits per heavy atom. The summed E-state index contributed by atoms with van der Waals surface area (Å²) in [5, 5.41) is 2.07. The highest BCUT2D eigenvalue weighted by Crippen LogP contribution is 2.30. The molecule has 1 aromatic carbocycles. The molecule has 1 unspecified atom stereocenters. The molecule has 0 amide bonds. The minimum Gasteiger partial charge on any atom is -0.397 e. The number of thiophene rings is 1.